The van der Waals surface area contributed by atoms with E-state index < -0.39 is 4.92 Å². The number of hydrogen-bond acceptors (Lipinski definition) is 6. The van der Waals surface area contributed by atoms with Crippen LogP contribution >= 0.6 is 0 Å². The molecular formula is C14H15N7O2. The Hall–Kier alpha value is -3.10. The number of nitro groups is 1. The third kappa shape index (κ3) is 3.57. The summed E-state index contributed by atoms with van der Waals surface area (Å²) < 4.78 is 1.77. The molecule has 0 spiro atoms. The zero-order chi connectivity index (χ0) is 16.2. The van der Waals surface area contributed by atoms with Crippen molar-refractivity contribution < 1.29 is 4.92 Å². The molecule has 23 heavy (non-hydrogen) atoms. The number of tetrazole rings is 1. The van der Waals surface area contributed by atoms with Gasteiger partial charge in [-0.1, -0.05) is 12.1 Å². The number of non-ortho nitro benzene ring substituents is 1. The van der Waals surface area contributed by atoms with Crippen molar-refractivity contribution in [1.82, 2.24) is 30.0 Å². The van der Waals surface area contributed by atoms with E-state index in [1.54, 1.807) is 16.8 Å². The Bertz CT molecular complexity index is 824. The van der Waals surface area contributed by atoms with Crippen LogP contribution in [0.1, 0.15) is 12.0 Å². The van der Waals surface area contributed by atoms with E-state index >= 15 is 0 Å². The van der Waals surface area contributed by atoms with Gasteiger partial charge in [0.1, 0.15) is 0 Å². The molecule has 0 aliphatic heterocycles. The standard InChI is InChI=1S/C14H15N7O2/c1-19-10-11(9-15-19)4-3-7-20-17-14(16-18-20)12-5-2-6-13(8-12)21(22)23/h2,5-6,8-10H,3-4,7H2,1H3. The Morgan fingerprint density at radius 3 is 2.96 bits per heavy atom. The highest BCUT2D eigenvalue weighted by atomic mass is 16.6. The zero-order valence-corrected chi connectivity index (χ0v) is 12.5. The fourth-order valence-corrected chi connectivity index (χ4v) is 2.24. The number of nitrogens with zero attached hydrogens (tertiary/aromatic N) is 7. The maximum Gasteiger partial charge on any atom is 0.270 e. The van der Waals surface area contributed by atoms with Gasteiger partial charge in [0.25, 0.3) is 5.69 Å². The SMILES string of the molecule is Cn1cc(CCCn2nnc(-c3cccc([N+](=O)[O-])c3)n2)cn1. The average Bonchev–Trinajstić information content (AvgIpc) is 3.17. The molecule has 0 fully saturated rings. The van der Waals surface area contributed by atoms with Crippen molar-refractivity contribution in [2.45, 2.75) is 19.4 Å². The van der Waals surface area contributed by atoms with Crippen LogP contribution in [0.3, 0.4) is 0 Å². The van der Waals surface area contributed by atoms with Gasteiger partial charge in [-0.15, -0.1) is 10.2 Å². The molecule has 2 aromatic heterocycles. The first-order valence-electron chi connectivity index (χ1n) is 7.12. The smallest absolute Gasteiger partial charge is 0.270 e. The van der Waals surface area contributed by atoms with Gasteiger partial charge in [0.15, 0.2) is 0 Å². The largest absolute Gasteiger partial charge is 0.276 e. The van der Waals surface area contributed by atoms with Crippen LogP contribution in [0.2, 0.25) is 0 Å². The van der Waals surface area contributed by atoms with Crippen LogP contribution < -0.4 is 0 Å². The van der Waals surface area contributed by atoms with Crippen molar-refractivity contribution in [3.63, 3.8) is 0 Å². The molecule has 118 valence electrons. The summed E-state index contributed by atoms with van der Waals surface area (Å²) in [7, 11) is 1.88. The predicted molar refractivity (Wildman–Crippen MR) is 81.4 cm³/mol. The van der Waals surface area contributed by atoms with Crippen LogP contribution in [0, 0.1) is 10.1 Å². The normalized spacial score (nSPS) is 10.8. The van der Waals surface area contributed by atoms with Gasteiger partial charge in [-0.05, 0) is 23.6 Å². The van der Waals surface area contributed by atoms with E-state index in [0.29, 0.717) is 17.9 Å². The molecular weight excluding hydrogens is 298 g/mol. The molecule has 3 aromatic rings. The van der Waals surface area contributed by atoms with Gasteiger partial charge in [0.2, 0.25) is 5.82 Å². The van der Waals surface area contributed by atoms with Crippen molar-refractivity contribution in [2.75, 3.05) is 0 Å². The molecule has 0 atom stereocenters. The minimum absolute atomic E-state index is 0.00966. The molecule has 0 unspecified atom stereocenters. The van der Waals surface area contributed by atoms with Crippen LogP contribution in [-0.4, -0.2) is 34.9 Å². The number of hydrogen-bond donors (Lipinski definition) is 0. The molecule has 0 saturated heterocycles. The van der Waals surface area contributed by atoms with Crippen LogP contribution in [0.4, 0.5) is 5.69 Å². The second-order valence-corrected chi connectivity index (χ2v) is 5.14. The van der Waals surface area contributed by atoms with E-state index in [0.717, 1.165) is 18.4 Å². The van der Waals surface area contributed by atoms with E-state index in [9.17, 15) is 10.1 Å². The summed E-state index contributed by atoms with van der Waals surface area (Å²) in [6, 6.07) is 6.21. The molecule has 9 heteroatoms. The fourth-order valence-electron chi connectivity index (χ4n) is 2.24. The molecule has 9 nitrogen and oxygen atoms in total. The summed E-state index contributed by atoms with van der Waals surface area (Å²) in [5.41, 5.74) is 1.75. The van der Waals surface area contributed by atoms with Gasteiger partial charge in [-0.3, -0.25) is 14.8 Å². The monoisotopic (exact) mass is 313 g/mol. The van der Waals surface area contributed by atoms with E-state index in [4.69, 9.17) is 0 Å². The first kappa shape index (κ1) is 14.8. The summed E-state index contributed by atoms with van der Waals surface area (Å²) in [4.78, 5) is 11.9. The second kappa shape index (κ2) is 6.34. The highest BCUT2D eigenvalue weighted by Crippen LogP contribution is 2.20. The van der Waals surface area contributed by atoms with Gasteiger partial charge in [0.05, 0.1) is 17.7 Å². The number of rotatable bonds is 6. The second-order valence-electron chi connectivity index (χ2n) is 5.14. The van der Waals surface area contributed by atoms with Crippen LogP contribution in [-0.2, 0) is 20.0 Å². The quantitative estimate of drug-likeness (QED) is 0.506. The summed E-state index contributed by atoms with van der Waals surface area (Å²) in [5.74, 6) is 0.384. The minimum atomic E-state index is -0.443. The van der Waals surface area contributed by atoms with Crippen molar-refractivity contribution >= 4 is 5.69 Å². The van der Waals surface area contributed by atoms with E-state index in [1.165, 1.54) is 16.9 Å². The van der Waals surface area contributed by atoms with Crippen molar-refractivity contribution in [3.05, 3.63) is 52.3 Å². The topological polar surface area (TPSA) is 105 Å². The Kier molecular flexibility index (Phi) is 4.09. The molecule has 0 N–H and O–H groups in total. The molecule has 0 saturated carbocycles. The molecule has 2 heterocycles. The van der Waals surface area contributed by atoms with Gasteiger partial charge in [0, 0.05) is 30.9 Å². The van der Waals surface area contributed by atoms with Crippen LogP contribution in [0.25, 0.3) is 11.4 Å². The zero-order valence-electron chi connectivity index (χ0n) is 12.5. The molecule has 0 amide bonds. The van der Waals surface area contributed by atoms with Gasteiger partial charge in [-0.2, -0.15) is 9.90 Å². The van der Waals surface area contributed by atoms with Crippen molar-refractivity contribution in [1.29, 1.82) is 0 Å². The van der Waals surface area contributed by atoms with Crippen molar-refractivity contribution in [2.24, 2.45) is 7.05 Å². The number of aromatic nitrogens is 6. The number of benzene rings is 1. The third-order valence-corrected chi connectivity index (χ3v) is 3.35. The van der Waals surface area contributed by atoms with E-state index in [2.05, 4.69) is 20.5 Å². The average molecular weight is 313 g/mol. The van der Waals surface area contributed by atoms with Gasteiger partial charge in [-0.25, -0.2) is 0 Å². The lowest BCUT2D eigenvalue weighted by molar-refractivity contribution is -0.384. The maximum absolute atomic E-state index is 10.8. The molecule has 1 aromatic carbocycles. The highest BCUT2D eigenvalue weighted by Gasteiger charge is 2.11. The van der Waals surface area contributed by atoms with E-state index in [-0.39, 0.29) is 5.69 Å². The summed E-state index contributed by atoms with van der Waals surface area (Å²) >= 11 is 0. The Morgan fingerprint density at radius 1 is 1.35 bits per heavy atom. The number of aryl methyl sites for hydroxylation is 3. The Balaban J connectivity index is 1.63. The lowest BCUT2D eigenvalue weighted by Gasteiger charge is -1.97. The Labute approximate surface area is 131 Å². The summed E-state index contributed by atoms with van der Waals surface area (Å²) in [5, 5.41) is 27.1. The molecule has 0 bridgehead atoms. The summed E-state index contributed by atoms with van der Waals surface area (Å²) in [6.45, 7) is 0.622. The summed E-state index contributed by atoms with van der Waals surface area (Å²) in [6.07, 6.45) is 5.55. The highest BCUT2D eigenvalue weighted by molar-refractivity contribution is 5.58. The van der Waals surface area contributed by atoms with E-state index in [1.807, 2.05) is 19.4 Å². The van der Waals surface area contributed by atoms with Crippen LogP contribution in [0.15, 0.2) is 36.7 Å². The maximum atomic E-state index is 10.8. The lowest BCUT2D eigenvalue weighted by atomic mass is 10.2. The first-order valence-corrected chi connectivity index (χ1v) is 7.12. The van der Waals surface area contributed by atoms with Gasteiger partial charge >= 0.3 is 0 Å². The molecule has 3 rings (SSSR count). The first-order chi connectivity index (χ1) is 11.1. The minimum Gasteiger partial charge on any atom is -0.276 e. The third-order valence-electron chi connectivity index (χ3n) is 3.35. The lowest BCUT2D eigenvalue weighted by Crippen LogP contribution is -2.03. The molecule has 0 aliphatic carbocycles. The van der Waals surface area contributed by atoms with Crippen molar-refractivity contribution in [3.8, 4) is 11.4 Å². The Morgan fingerprint density at radius 2 is 2.22 bits per heavy atom. The molecule has 0 aliphatic rings. The predicted octanol–water partition coefficient (Wildman–Crippen LogP) is 1.61. The van der Waals surface area contributed by atoms with Crippen LogP contribution in [0.5, 0.6) is 0 Å². The molecule has 0 radical (unpaired) electrons. The van der Waals surface area contributed by atoms with Gasteiger partial charge < -0.3 is 0 Å². The fraction of sp³-hybridized carbons (Fsp3) is 0.286. The number of nitro benzene ring substituents is 1.